The van der Waals surface area contributed by atoms with Crippen molar-refractivity contribution < 1.29 is 22.0 Å². The number of alkyl halides is 5. The maximum Gasteiger partial charge on any atom is 0.396 e. The molecule has 0 N–H and O–H groups in total. The first-order chi connectivity index (χ1) is 13.3. The van der Waals surface area contributed by atoms with E-state index in [-0.39, 0.29) is 10.9 Å². The molecule has 3 aromatic rings. The second-order valence-electron chi connectivity index (χ2n) is 5.91. The van der Waals surface area contributed by atoms with Gasteiger partial charge in [-0.25, -0.2) is 8.78 Å². The minimum absolute atomic E-state index is 0.0146. The number of halogens is 5. The minimum Gasteiger partial charge on any atom is -0.210 e. The van der Waals surface area contributed by atoms with Gasteiger partial charge in [0.25, 0.3) is 0 Å². The lowest BCUT2D eigenvalue weighted by atomic mass is 10.2. The van der Waals surface area contributed by atoms with Crippen molar-refractivity contribution in [3.63, 3.8) is 0 Å². The van der Waals surface area contributed by atoms with Crippen molar-refractivity contribution in [1.82, 2.24) is 0 Å². The molecule has 0 aromatic heterocycles. The molecule has 0 spiro atoms. The largest absolute Gasteiger partial charge is 0.396 e. The van der Waals surface area contributed by atoms with Crippen molar-refractivity contribution in [2.45, 2.75) is 34.2 Å². The third kappa shape index (κ3) is 6.37. The second-order valence-corrected chi connectivity index (χ2v) is 7.94. The van der Waals surface area contributed by atoms with Crippen LogP contribution in [0.2, 0.25) is 0 Å². The van der Waals surface area contributed by atoms with Crippen LogP contribution in [0.4, 0.5) is 22.0 Å². The van der Waals surface area contributed by atoms with Crippen LogP contribution >= 0.6 is 0 Å². The highest BCUT2D eigenvalue weighted by Gasteiger charge is 2.41. The van der Waals surface area contributed by atoms with Crippen LogP contribution in [0, 0.1) is 5.92 Å². The maximum absolute atomic E-state index is 11.2. The molecule has 3 rings (SSSR count). The van der Waals surface area contributed by atoms with E-state index < -0.39 is 18.5 Å². The van der Waals surface area contributed by atoms with Crippen LogP contribution in [0.5, 0.6) is 0 Å². The molecule has 1 unspecified atom stereocenters. The summed E-state index contributed by atoms with van der Waals surface area (Å²) in [5, 5.41) is 0. The lowest BCUT2D eigenvalue weighted by Crippen LogP contribution is -2.26. The first-order valence-electron chi connectivity index (χ1n) is 8.55. The van der Waals surface area contributed by atoms with E-state index >= 15 is 0 Å². The van der Waals surface area contributed by atoms with Crippen molar-refractivity contribution in [3.8, 4) is 0 Å². The third-order valence-corrected chi connectivity index (χ3v) is 6.06. The SMILES string of the molecule is CC(C(F)F)C(F)(F)F.c1ccc([S+](c2ccccc2)c2ccccc2)cc1. The fraction of sp³-hybridized carbons (Fsp3) is 0.182. The Kier molecular flexibility index (Phi) is 8.05. The molecule has 3 aromatic carbocycles. The average molecular weight is 411 g/mol. The fourth-order valence-electron chi connectivity index (χ4n) is 2.22. The van der Waals surface area contributed by atoms with Gasteiger partial charge in [-0.3, -0.25) is 0 Å². The van der Waals surface area contributed by atoms with E-state index in [1.54, 1.807) is 0 Å². The molecule has 0 aliphatic rings. The molecule has 0 aliphatic carbocycles. The predicted molar refractivity (Wildman–Crippen MR) is 103 cm³/mol. The van der Waals surface area contributed by atoms with Gasteiger partial charge in [0.2, 0.25) is 6.43 Å². The van der Waals surface area contributed by atoms with Crippen LogP contribution < -0.4 is 0 Å². The Bertz CT molecular complexity index is 711. The van der Waals surface area contributed by atoms with E-state index in [9.17, 15) is 22.0 Å². The molecule has 1 atom stereocenters. The Morgan fingerprint density at radius 1 is 0.607 bits per heavy atom. The standard InChI is InChI=1S/C18H15S.C4H5F5/c1-4-10-16(11-5-1)19(17-12-6-2-7-13-17)18-14-8-3-9-15-18;1-2(3(5)6)4(7,8)9/h1-15H;2-3H,1H3/q+1;. The molecule has 0 saturated carbocycles. The van der Waals surface area contributed by atoms with Gasteiger partial charge in [0.05, 0.1) is 10.9 Å². The lowest BCUT2D eigenvalue weighted by molar-refractivity contribution is -0.200. The summed E-state index contributed by atoms with van der Waals surface area (Å²) in [5.74, 6) is -2.52. The van der Waals surface area contributed by atoms with Gasteiger partial charge >= 0.3 is 6.18 Å². The normalized spacial score (nSPS) is 12.4. The molecular formula is C22H20F5S+. The number of rotatable bonds is 4. The van der Waals surface area contributed by atoms with Crippen molar-refractivity contribution >= 4 is 10.9 Å². The summed E-state index contributed by atoms with van der Waals surface area (Å²) in [4.78, 5) is 4.08. The Balaban J connectivity index is 0.000000266. The van der Waals surface area contributed by atoms with E-state index in [0.717, 1.165) is 0 Å². The second kappa shape index (κ2) is 10.3. The van der Waals surface area contributed by atoms with E-state index in [0.29, 0.717) is 6.92 Å². The topological polar surface area (TPSA) is 0 Å². The molecule has 0 amide bonds. The molecule has 0 fully saturated rings. The highest BCUT2D eigenvalue weighted by molar-refractivity contribution is 7.97. The molecule has 6 heteroatoms. The first-order valence-corrected chi connectivity index (χ1v) is 9.77. The van der Waals surface area contributed by atoms with Crippen molar-refractivity contribution in [2.75, 3.05) is 0 Å². The smallest absolute Gasteiger partial charge is 0.210 e. The van der Waals surface area contributed by atoms with E-state index in [4.69, 9.17) is 0 Å². The van der Waals surface area contributed by atoms with E-state index in [1.165, 1.54) is 14.7 Å². The van der Waals surface area contributed by atoms with Gasteiger partial charge in [-0.05, 0) is 43.3 Å². The Hall–Kier alpha value is -2.34. The van der Waals surface area contributed by atoms with Crippen LogP contribution in [-0.2, 0) is 10.9 Å². The van der Waals surface area contributed by atoms with E-state index in [1.807, 2.05) is 0 Å². The Morgan fingerprint density at radius 2 is 0.893 bits per heavy atom. The summed E-state index contributed by atoms with van der Waals surface area (Å²) >= 11 is 0. The van der Waals surface area contributed by atoms with Gasteiger partial charge in [-0.15, -0.1) is 0 Å². The summed E-state index contributed by atoms with van der Waals surface area (Å²) in [6.07, 6.45) is -8.08. The zero-order chi connectivity index (χ0) is 20.6. The minimum atomic E-state index is -4.77. The van der Waals surface area contributed by atoms with Gasteiger partial charge in [-0.2, -0.15) is 13.2 Å². The highest BCUT2D eigenvalue weighted by Crippen LogP contribution is 2.31. The molecular weight excluding hydrogens is 391 g/mol. The van der Waals surface area contributed by atoms with Crippen LogP contribution in [0.3, 0.4) is 0 Å². The molecule has 0 bridgehead atoms. The zero-order valence-corrected chi connectivity index (χ0v) is 15.9. The summed E-state index contributed by atoms with van der Waals surface area (Å²) in [6.45, 7) is 0.449. The molecule has 0 aliphatic heterocycles. The van der Waals surface area contributed by atoms with Crippen LogP contribution in [0.25, 0.3) is 0 Å². The Morgan fingerprint density at radius 3 is 1.07 bits per heavy atom. The predicted octanol–water partition coefficient (Wildman–Crippen LogP) is 7.23. The molecule has 0 saturated heterocycles. The number of hydrogen-bond donors (Lipinski definition) is 0. The molecule has 0 heterocycles. The fourth-order valence-corrected chi connectivity index (χ4v) is 4.33. The number of benzene rings is 3. The van der Waals surface area contributed by atoms with Gasteiger partial charge in [0, 0.05) is 0 Å². The van der Waals surface area contributed by atoms with Crippen molar-refractivity contribution in [1.29, 1.82) is 0 Å². The summed E-state index contributed by atoms with van der Waals surface area (Å²) in [6, 6.07) is 32.2. The van der Waals surface area contributed by atoms with Crippen LogP contribution in [0.15, 0.2) is 106 Å². The summed E-state index contributed by atoms with van der Waals surface area (Å²) < 4.78 is 56.1. The quantitative estimate of drug-likeness (QED) is 0.314. The molecule has 148 valence electrons. The molecule has 0 nitrogen and oxygen atoms in total. The monoisotopic (exact) mass is 411 g/mol. The third-order valence-electron chi connectivity index (χ3n) is 3.83. The Labute approximate surface area is 164 Å². The van der Waals surface area contributed by atoms with Gasteiger partial charge in [0.1, 0.15) is 5.92 Å². The van der Waals surface area contributed by atoms with E-state index in [2.05, 4.69) is 91.0 Å². The zero-order valence-electron chi connectivity index (χ0n) is 15.1. The van der Waals surface area contributed by atoms with Gasteiger partial charge < -0.3 is 0 Å². The van der Waals surface area contributed by atoms with Crippen molar-refractivity contribution in [2.24, 2.45) is 5.92 Å². The van der Waals surface area contributed by atoms with Crippen LogP contribution in [0.1, 0.15) is 6.92 Å². The first kappa shape index (κ1) is 22.0. The summed E-state index contributed by atoms with van der Waals surface area (Å²) in [5.41, 5.74) is 0. The maximum atomic E-state index is 11.2. The average Bonchev–Trinajstić information content (AvgIpc) is 2.70. The van der Waals surface area contributed by atoms with Gasteiger partial charge in [-0.1, -0.05) is 54.6 Å². The number of hydrogen-bond acceptors (Lipinski definition) is 0. The van der Waals surface area contributed by atoms with Gasteiger partial charge in [0.15, 0.2) is 14.7 Å². The highest BCUT2D eigenvalue weighted by atomic mass is 32.2. The molecule has 28 heavy (non-hydrogen) atoms. The van der Waals surface area contributed by atoms with Crippen LogP contribution in [-0.4, -0.2) is 12.6 Å². The lowest BCUT2D eigenvalue weighted by Gasteiger charge is -2.13. The molecule has 0 radical (unpaired) electrons. The van der Waals surface area contributed by atoms with Crippen molar-refractivity contribution in [3.05, 3.63) is 91.0 Å². The summed E-state index contributed by atoms with van der Waals surface area (Å²) in [7, 11) is -0.0146.